The van der Waals surface area contributed by atoms with Crippen molar-refractivity contribution in [3.63, 3.8) is 0 Å². The topological polar surface area (TPSA) is 0 Å². The smallest absolute Gasteiger partial charge is 0.294 e. The molecule has 0 rings (SSSR count). The van der Waals surface area contributed by atoms with E-state index in [1.165, 1.54) is 0 Å². The molecule has 0 saturated carbocycles. The molecule has 0 aromatic carbocycles. The second-order valence-corrected chi connectivity index (χ2v) is 1.86. The van der Waals surface area contributed by atoms with Crippen LogP contribution in [0.2, 0.25) is 6.04 Å². The van der Waals surface area contributed by atoms with Crippen LogP contribution in [0.15, 0.2) is 0 Å². The molecule has 0 bridgehead atoms. The molecule has 35 valence electrons. The van der Waals surface area contributed by atoms with Crippen LogP contribution in [-0.2, 0) is 0 Å². The average molecular weight is 103 g/mol. The van der Waals surface area contributed by atoms with Crippen LogP contribution >= 0.6 is 0 Å². The van der Waals surface area contributed by atoms with Gasteiger partial charge in [0.25, 0.3) is 9.85 Å². The maximum absolute atomic E-state index is 11.2. The van der Waals surface area contributed by atoms with Gasteiger partial charge in [0, 0.05) is 0 Å². The molecule has 3 radical (unpaired) electrons. The Kier molecular flexibility index (Phi) is 5.27. The van der Waals surface area contributed by atoms with Gasteiger partial charge in [-0.05, 0) is 6.04 Å². The lowest BCUT2D eigenvalue weighted by Crippen LogP contribution is -1.75. The maximum Gasteiger partial charge on any atom is 0.294 e. The average Bonchev–Trinajstić information content (AvgIpc) is 1.61. The minimum absolute atomic E-state index is 0.375. The highest BCUT2D eigenvalue weighted by Gasteiger charge is 1.82. The second kappa shape index (κ2) is 5.15. The van der Waals surface area contributed by atoms with Crippen molar-refractivity contribution in [1.82, 2.24) is 0 Å². The highest BCUT2D eigenvalue weighted by atomic mass is 28.3. The van der Waals surface area contributed by atoms with Crippen molar-refractivity contribution in [2.75, 3.05) is 0 Å². The lowest BCUT2D eigenvalue weighted by atomic mass is 10.4. The fourth-order valence-corrected chi connectivity index (χ4v) is 0.575. The van der Waals surface area contributed by atoms with Gasteiger partial charge in [0.05, 0.1) is 0 Å². The van der Waals surface area contributed by atoms with Gasteiger partial charge in [0.1, 0.15) is 0 Å². The summed E-state index contributed by atoms with van der Waals surface area (Å²) >= 11 is 0. The van der Waals surface area contributed by atoms with Gasteiger partial charge in [-0.25, -0.2) is 0 Å². The molecule has 0 N–H and O–H groups in total. The normalized spacial score (nSPS) is 9.00. The van der Waals surface area contributed by atoms with E-state index in [2.05, 4.69) is 6.92 Å². The highest BCUT2D eigenvalue weighted by Crippen LogP contribution is 1.91. The third-order valence-electron chi connectivity index (χ3n) is 0.521. The van der Waals surface area contributed by atoms with Gasteiger partial charge in [-0.2, -0.15) is 0 Å². The van der Waals surface area contributed by atoms with Crippen LogP contribution < -0.4 is 0 Å². The molecule has 0 aromatic heterocycles. The van der Waals surface area contributed by atoms with Crippen molar-refractivity contribution in [3.8, 4) is 0 Å². The summed E-state index contributed by atoms with van der Waals surface area (Å²) < 4.78 is 11.2. The summed E-state index contributed by atoms with van der Waals surface area (Å²) in [6, 6.07) is 0.712. The highest BCUT2D eigenvalue weighted by molar-refractivity contribution is 6.25. The Morgan fingerprint density at radius 3 is 2.50 bits per heavy atom. The summed E-state index contributed by atoms with van der Waals surface area (Å²) in [5.74, 6) is 0. The van der Waals surface area contributed by atoms with Crippen LogP contribution in [0.4, 0.5) is 4.11 Å². The molecule has 0 amide bonds. The molecule has 0 nitrogen and oxygen atoms in total. The zero-order valence-corrected chi connectivity index (χ0v) is 4.71. The first-order chi connectivity index (χ1) is 2.91. The number of unbranched alkanes of at least 4 members (excludes halogenated alkanes) is 1. The molecule has 2 heteroatoms. The monoisotopic (exact) mass is 103 g/mol. The SMILES string of the molecule is [CH2]CCC[Si]F. The number of halogens is 1. The number of rotatable bonds is 3. The molecule has 6 heavy (non-hydrogen) atoms. The largest absolute Gasteiger partial charge is 0.315 e. The molecule has 0 heterocycles. The summed E-state index contributed by atoms with van der Waals surface area (Å²) in [4.78, 5) is 0. The molecule has 0 fully saturated rings. The van der Waals surface area contributed by atoms with Crippen molar-refractivity contribution in [2.24, 2.45) is 0 Å². The molecule has 0 unspecified atom stereocenters. The third-order valence-corrected chi connectivity index (χ3v) is 1.06. The molecular weight excluding hydrogens is 95.1 g/mol. The second-order valence-electron chi connectivity index (χ2n) is 1.09. The van der Waals surface area contributed by atoms with Gasteiger partial charge >= 0.3 is 0 Å². The van der Waals surface area contributed by atoms with Gasteiger partial charge in [-0.1, -0.05) is 19.8 Å². The van der Waals surface area contributed by atoms with E-state index in [9.17, 15) is 4.11 Å². The fraction of sp³-hybridized carbons (Fsp3) is 0.750. The van der Waals surface area contributed by atoms with Crippen molar-refractivity contribution < 1.29 is 4.11 Å². The third kappa shape index (κ3) is 4.15. The zero-order valence-electron chi connectivity index (χ0n) is 3.71. The van der Waals surface area contributed by atoms with E-state index in [0.29, 0.717) is 6.04 Å². The van der Waals surface area contributed by atoms with Gasteiger partial charge in [-0.15, -0.1) is 0 Å². The molecule has 0 aromatic rings. The standard InChI is InChI=1S/C4H8FSi/c1-2-3-4-6-5/h1-4H2. The van der Waals surface area contributed by atoms with Gasteiger partial charge < -0.3 is 4.11 Å². The Balaban J connectivity index is 2.34. The first-order valence-electron chi connectivity index (χ1n) is 2.04. The Bertz CT molecular complexity index is 19.5. The molecule has 0 aliphatic heterocycles. The summed E-state index contributed by atoms with van der Waals surface area (Å²) in [6.45, 7) is 3.56. The fourth-order valence-electron chi connectivity index (χ4n) is 0.192. The van der Waals surface area contributed by atoms with Gasteiger partial charge in [0.2, 0.25) is 0 Å². The van der Waals surface area contributed by atoms with E-state index in [0.717, 1.165) is 12.8 Å². The Morgan fingerprint density at radius 1 is 1.67 bits per heavy atom. The molecule has 0 spiro atoms. The summed E-state index contributed by atoms with van der Waals surface area (Å²) in [6.07, 6.45) is 1.81. The van der Waals surface area contributed by atoms with Crippen LogP contribution in [0.5, 0.6) is 0 Å². The predicted molar refractivity (Wildman–Crippen MR) is 26.3 cm³/mol. The van der Waals surface area contributed by atoms with Gasteiger partial charge in [-0.3, -0.25) is 0 Å². The Labute approximate surface area is 40.7 Å². The molecule has 0 saturated heterocycles. The Morgan fingerprint density at radius 2 is 2.33 bits per heavy atom. The Hall–Kier alpha value is 0.147. The quantitative estimate of drug-likeness (QED) is 0.289. The lowest BCUT2D eigenvalue weighted by molar-refractivity contribution is 0.828. The molecule has 0 atom stereocenters. The number of hydrogen-bond donors (Lipinski definition) is 0. The van der Waals surface area contributed by atoms with Crippen molar-refractivity contribution in [1.29, 1.82) is 0 Å². The van der Waals surface area contributed by atoms with E-state index in [4.69, 9.17) is 0 Å². The first-order valence-corrected chi connectivity index (χ1v) is 3.13. The summed E-state index contributed by atoms with van der Waals surface area (Å²) in [5, 5.41) is 0. The molecule has 0 aliphatic carbocycles. The first kappa shape index (κ1) is 6.15. The van der Waals surface area contributed by atoms with Crippen LogP contribution in [0.1, 0.15) is 12.8 Å². The number of hydrogen-bond acceptors (Lipinski definition) is 0. The van der Waals surface area contributed by atoms with Crippen molar-refractivity contribution in [2.45, 2.75) is 18.9 Å². The maximum atomic E-state index is 11.2. The zero-order chi connectivity index (χ0) is 4.83. The summed E-state index contributed by atoms with van der Waals surface area (Å²) in [7, 11) is -0.375. The lowest BCUT2D eigenvalue weighted by Gasteiger charge is -1.81. The molecule has 0 aliphatic rings. The minimum Gasteiger partial charge on any atom is -0.315 e. The summed E-state index contributed by atoms with van der Waals surface area (Å²) in [5.41, 5.74) is 0. The van der Waals surface area contributed by atoms with Gasteiger partial charge in [0.15, 0.2) is 0 Å². The minimum atomic E-state index is -0.375. The van der Waals surface area contributed by atoms with Crippen LogP contribution in [0.25, 0.3) is 0 Å². The van der Waals surface area contributed by atoms with Crippen LogP contribution in [0.3, 0.4) is 0 Å². The van der Waals surface area contributed by atoms with Crippen LogP contribution in [-0.4, -0.2) is 9.85 Å². The van der Waals surface area contributed by atoms with E-state index in [1.807, 2.05) is 0 Å². The molecular formula is C4H8FSi. The van der Waals surface area contributed by atoms with Crippen molar-refractivity contribution in [3.05, 3.63) is 6.92 Å². The van der Waals surface area contributed by atoms with E-state index >= 15 is 0 Å². The van der Waals surface area contributed by atoms with E-state index in [1.54, 1.807) is 0 Å². The van der Waals surface area contributed by atoms with Crippen LogP contribution in [0, 0.1) is 6.92 Å². The van der Waals surface area contributed by atoms with E-state index < -0.39 is 0 Å². The van der Waals surface area contributed by atoms with E-state index in [-0.39, 0.29) is 9.85 Å². The predicted octanol–water partition coefficient (Wildman–Crippen LogP) is 1.61. The van der Waals surface area contributed by atoms with Crippen molar-refractivity contribution >= 4 is 9.85 Å².